The lowest BCUT2D eigenvalue weighted by molar-refractivity contribution is -0.790. The van der Waals surface area contributed by atoms with Crippen molar-refractivity contribution in [3.63, 3.8) is 0 Å². The lowest BCUT2D eigenvalue weighted by atomic mass is 10.2. The fraction of sp³-hybridized carbons (Fsp3) is 0.909. The van der Waals surface area contributed by atoms with E-state index in [1.807, 2.05) is 0 Å². The zero-order valence-electron chi connectivity index (χ0n) is 13.0. The van der Waals surface area contributed by atoms with Gasteiger partial charge in [0.15, 0.2) is 0 Å². The fourth-order valence-corrected chi connectivity index (χ4v) is 1.16. The third kappa shape index (κ3) is 17.9. The van der Waals surface area contributed by atoms with Crippen LogP contribution >= 0.6 is 0 Å². The molecule has 12 heteroatoms. The molecule has 136 valence electrons. The molecular formula is C11H23N3O9. The van der Waals surface area contributed by atoms with Gasteiger partial charge in [-0.25, -0.2) is 0 Å². The van der Waals surface area contributed by atoms with Crippen molar-refractivity contribution in [3.05, 3.63) is 20.2 Å². The van der Waals surface area contributed by atoms with Crippen LogP contribution in [0.5, 0.6) is 0 Å². The summed E-state index contributed by atoms with van der Waals surface area (Å²) in [4.78, 5) is 37.9. The highest BCUT2D eigenvalue weighted by Gasteiger charge is 2.15. The Balaban J connectivity index is 0. The van der Waals surface area contributed by atoms with Crippen LogP contribution in [-0.4, -0.2) is 60.1 Å². The summed E-state index contributed by atoms with van der Waals surface area (Å²) in [5.74, 6) is 0. The first-order valence-corrected chi connectivity index (χ1v) is 6.70. The molecule has 3 atom stereocenters. The van der Waals surface area contributed by atoms with Crippen molar-refractivity contribution < 1.29 is 34.5 Å². The van der Waals surface area contributed by atoms with Crippen molar-refractivity contribution in [1.29, 1.82) is 0 Å². The predicted octanol–water partition coefficient (Wildman–Crippen LogP) is -0.518. The SMILES string of the molecule is CC(O)C(N)C=O.COCCCCC(CO[N+](=O)[O-])O[N+](=O)[O-]. The van der Waals surface area contributed by atoms with Crippen LogP contribution in [0.2, 0.25) is 0 Å². The average Bonchev–Trinajstić information content (AvgIpc) is 2.47. The predicted molar refractivity (Wildman–Crippen MR) is 76.3 cm³/mol. The maximum Gasteiger partial charge on any atom is 0.294 e. The van der Waals surface area contributed by atoms with Gasteiger partial charge in [0, 0.05) is 13.7 Å². The molecule has 0 bridgehead atoms. The van der Waals surface area contributed by atoms with Gasteiger partial charge in [-0.05, 0) is 26.2 Å². The molecule has 23 heavy (non-hydrogen) atoms. The molecule has 0 saturated carbocycles. The number of unbranched alkanes of at least 4 members (excludes halogenated alkanes) is 1. The third-order valence-electron chi connectivity index (χ3n) is 2.44. The number of aliphatic hydroxyl groups is 1. The van der Waals surface area contributed by atoms with Crippen molar-refractivity contribution in [3.8, 4) is 0 Å². The first-order chi connectivity index (χ1) is 10.7. The zero-order chi connectivity index (χ0) is 18.3. The number of aliphatic hydroxyl groups excluding tert-OH is 1. The van der Waals surface area contributed by atoms with E-state index in [0.717, 1.165) is 0 Å². The standard InChI is InChI=1S/C7H14N2O7.C4H9NO2/c1-14-5-3-2-4-7(16-9(12)13)6-15-8(10)11;1-3(7)4(5)2-6/h7H,2-6H2,1H3;2-4,7H,5H2,1H3. The first-order valence-electron chi connectivity index (χ1n) is 6.70. The Labute approximate surface area is 132 Å². The Bertz CT molecular complexity index is 341. The summed E-state index contributed by atoms with van der Waals surface area (Å²) in [7, 11) is 1.54. The molecule has 0 aromatic rings. The average molecular weight is 341 g/mol. The number of aldehydes is 1. The van der Waals surface area contributed by atoms with Gasteiger partial charge in [0.1, 0.15) is 19.0 Å². The van der Waals surface area contributed by atoms with E-state index in [9.17, 15) is 25.0 Å². The van der Waals surface area contributed by atoms with Gasteiger partial charge >= 0.3 is 0 Å². The number of hydrogen-bond donors (Lipinski definition) is 2. The van der Waals surface area contributed by atoms with Gasteiger partial charge in [-0.15, -0.1) is 20.2 Å². The Hall–Kier alpha value is -2.05. The molecule has 0 aliphatic carbocycles. The lowest BCUT2D eigenvalue weighted by Crippen LogP contribution is -2.33. The Morgan fingerprint density at radius 2 is 1.87 bits per heavy atom. The van der Waals surface area contributed by atoms with E-state index in [2.05, 4.69) is 9.68 Å². The Morgan fingerprint density at radius 1 is 1.26 bits per heavy atom. The first kappa shape index (κ1) is 23.2. The zero-order valence-corrected chi connectivity index (χ0v) is 13.0. The summed E-state index contributed by atoms with van der Waals surface area (Å²) >= 11 is 0. The molecular weight excluding hydrogens is 318 g/mol. The fourth-order valence-electron chi connectivity index (χ4n) is 1.16. The lowest BCUT2D eigenvalue weighted by Gasteiger charge is -2.12. The maximum absolute atomic E-state index is 10.1. The van der Waals surface area contributed by atoms with Crippen LogP contribution in [0.25, 0.3) is 0 Å². The molecule has 0 heterocycles. The maximum atomic E-state index is 10.1. The highest BCUT2D eigenvalue weighted by atomic mass is 17.0. The van der Waals surface area contributed by atoms with Gasteiger partial charge < -0.3 is 30.0 Å². The number of nitrogens with two attached hydrogens (primary N) is 1. The molecule has 0 rings (SSSR count). The minimum Gasteiger partial charge on any atom is -0.391 e. The van der Waals surface area contributed by atoms with Crippen LogP contribution in [0.1, 0.15) is 26.2 Å². The van der Waals surface area contributed by atoms with E-state index in [0.29, 0.717) is 32.2 Å². The van der Waals surface area contributed by atoms with E-state index in [4.69, 9.17) is 15.6 Å². The van der Waals surface area contributed by atoms with Gasteiger partial charge in [-0.2, -0.15) is 0 Å². The monoisotopic (exact) mass is 341 g/mol. The normalized spacial score (nSPS) is 13.7. The molecule has 3 unspecified atom stereocenters. The van der Waals surface area contributed by atoms with Gasteiger partial charge in [0.2, 0.25) is 0 Å². The van der Waals surface area contributed by atoms with Crippen LogP contribution in [0.15, 0.2) is 0 Å². The molecule has 0 aliphatic rings. The second-order valence-corrected chi connectivity index (χ2v) is 4.41. The summed E-state index contributed by atoms with van der Waals surface area (Å²) in [6.45, 7) is 1.56. The van der Waals surface area contributed by atoms with Crippen molar-refractivity contribution >= 4 is 6.29 Å². The van der Waals surface area contributed by atoms with E-state index in [1.165, 1.54) is 6.92 Å². The van der Waals surface area contributed by atoms with Gasteiger partial charge in [-0.3, -0.25) is 0 Å². The summed E-state index contributed by atoms with van der Waals surface area (Å²) in [5.41, 5.74) is 5.00. The van der Waals surface area contributed by atoms with Crippen molar-refractivity contribution in [1.82, 2.24) is 0 Å². The van der Waals surface area contributed by atoms with Crippen LogP contribution in [0.4, 0.5) is 0 Å². The summed E-state index contributed by atoms with van der Waals surface area (Å²) in [6, 6.07) is -0.722. The summed E-state index contributed by atoms with van der Waals surface area (Å²) in [6.07, 6.45) is 0.484. The summed E-state index contributed by atoms with van der Waals surface area (Å²) in [5, 5.41) is 26.5. The number of carbonyl (C=O) groups is 1. The number of ether oxygens (including phenoxy) is 1. The van der Waals surface area contributed by atoms with Gasteiger partial charge in [-0.1, -0.05) is 0 Å². The second kappa shape index (κ2) is 14.9. The molecule has 0 aromatic heterocycles. The van der Waals surface area contributed by atoms with Crippen molar-refractivity contribution in [2.45, 2.75) is 44.4 Å². The molecule has 0 fully saturated rings. The van der Waals surface area contributed by atoms with Gasteiger partial charge in [0.25, 0.3) is 10.2 Å². The molecule has 0 spiro atoms. The number of carbonyl (C=O) groups excluding carboxylic acids is 1. The molecule has 3 N–H and O–H groups in total. The minimum absolute atomic E-state index is 0.304. The van der Waals surface area contributed by atoms with Crippen LogP contribution in [0.3, 0.4) is 0 Å². The van der Waals surface area contributed by atoms with Crippen LogP contribution in [0, 0.1) is 20.2 Å². The number of hydrogen-bond acceptors (Lipinski definition) is 10. The molecule has 0 saturated heterocycles. The van der Waals surface area contributed by atoms with Crippen LogP contribution in [-0.2, 0) is 19.2 Å². The third-order valence-corrected chi connectivity index (χ3v) is 2.44. The quantitative estimate of drug-likeness (QED) is 0.203. The van der Waals surface area contributed by atoms with E-state index >= 15 is 0 Å². The topological polar surface area (TPSA) is 177 Å². The Morgan fingerprint density at radius 3 is 2.22 bits per heavy atom. The number of methoxy groups -OCH3 is 1. The molecule has 0 radical (unpaired) electrons. The van der Waals surface area contributed by atoms with Crippen molar-refractivity contribution in [2.24, 2.45) is 5.73 Å². The van der Waals surface area contributed by atoms with E-state index in [1.54, 1.807) is 7.11 Å². The summed E-state index contributed by atoms with van der Waals surface area (Å²) < 4.78 is 4.79. The highest BCUT2D eigenvalue weighted by molar-refractivity contribution is 5.57. The molecule has 0 aromatic carbocycles. The smallest absolute Gasteiger partial charge is 0.294 e. The van der Waals surface area contributed by atoms with E-state index in [-0.39, 0.29) is 0 Å². The number of nitrogens with zero attached hydrogens (tertiary/aromatic N) is 2. The van der Waals surface area contributed by atoms with Crippen LogP contribution < -0.4 is 5.73 Å². The van der Waals surface area contributed by atoms with E-state index < -0.39 is 35.0 Å². The molecule has 0 aliphatic heterocycles. The minimum atomic E-state index is -1.01. The largest absolute Gasteiger partial charge is 0.391 e. The molecule has 0 amide bonds. The van der Waals surface area contributed by atoms with Crippen molar-refractivity contribution in [2.75, 3.05) is 20.3 Å². The molecule has 12 nitrogen and oxygen atoms in total. The second-order valence-electron chi connectivity index (χ2n) is 4.41. The van der Waals surface area contributed by atoms with Gasteiger partial charge in [0.05, 0.1) is 12.1 Å². The highest BCUT2D eigenvalue weighted by Crippen LogP contribution is 2.06. The number of rotatable bonds is 12. The Kier molecular flexibility index (Phi) is 15.0.